The van der Waals surface area contributed by atoms with Crippen LogP contribution in [-0.4, -0.2) is 51.7 Å². The third kappa shape index (κ3) is 7.99. The Morgan fingerprint density at radius 3 is 1.83 bits per heavy atom. The molecule has 270 valence electrons. The van der Waals surface area contributed by atoms with Gasteiger partial charge in [-0.25, -0.2) is 4.67 Å². The van der Waals surface area contributed by atoms with Gasteiger partial charge in [-0.2, -0.15) is 0 Å². The van der Waals surface area contributed by atoms with Crippen LogP contribution in [0.5, 0.6) is 5.75 Å². The minimum absolute atomic E-state index is 0.219. The lowest BCUT2D eigenvalue weighted by Gasteiger charge is -2.37. The van der Waals surface area contributed by atoms with E-state index in [9.17, 15) is 0 Å². The van der Waals surface area contributed by atoms with Crippen LogP contribution in [0.15, 0.2) is 146 Å². The number of nitrogens with zero attached hydrogens (tertiary/aromatic N) is 1. The van der Waals surface area contributed by atoms with Crippen LogP contribution in [0.1, 0.15) is 55.2 Å². The first kappa shape index (κ1) is 36.7. The quantitative estimate of drug-likeness (QED) is 0.0448. The molecule has 5 aromatic carbocycles. The van der Waals surface area contributed by atoms with Crippen molar-refractivity contribution in [3.05, 3.63) is 162 Å². The molecule has 2 fully saturated rings. The molecular formula is C45H53N2O3PSi. The third-order valence-corrected chi connectivity index (χ3v) is 17.4. The van der Waals surface area contributed by atoms with Crippen molar-refractivity contribution in [3.8, 4) is 5.75 Å². The number of benzene rings is 5. The molecule has 0 radical (unpaired) electrons. The Bertz CT molecular complexity index is 1720. The first-order valence-corrected chi connectivity index (χ1v) is 22.9. The maximum Gasteiger partial charge on any atom is 0.259 e. The van der Waals surface area contributed by atoms with Crippen molar-refractivity contribution in [1.82, 2.24) is 9.99 Å². The maximum atomic E-state index is 6.88. The van der Waals surface area contributed by atoms with Crippen LogP contribution in [-0.2, 0) is 14.6 Å². The van der Waals surface area contributed by atoms with Crippen LogP contribution in [0, 0.1) is 0 Å². The van der Waals surface area contributed by atoms with Gasteiger partial charge in [-0.05, 0) is 67.1 Å². The van der Waals surface area contributed by atoms with Gasteiger partial charge in [-0.15, -0.1) is 0 Å². The predicted molar refractivity (Wildman–Crippen MR) is 218 cm³/mol. The molecule has 0 saturated carbocycles. The number of methoxy groups -OCH3 is 1. The zero-order chi connectivity index (χ0) is 35.6. The van der Waals surface area contributed by atoms with Gasteiger partial charge in [-0.3, -0.25) is 5.32 Å². The van der Waals surface area contributed by atoms with E-state index in [4.69, 9.17) is 13.8 Å². The van der Waals surface area contributed by atoms with Gasteiger partial charge in [0, 0.05) is 12.6 Å². The van der Waals surface area contributed by atoms with Crippen LogP contribution in [0.2, 0.25) is 12.6 Å². The molecule has 52 heavy (non-hydrogen) atoms. The van der Waals surface area contributed by atoms with Crippen molar-refractivity contribution < 1.29 is 13.8 Å². The second-order valence-corrected chi connectivity index (χ2v) is 20.1. The summed E-state index contributed by atoms with van der Waals surface area (Å²) in [4.78, 5) is 0. The molecule has 2 aliphatic rings. The molecule has 5 aromatic rings. The fourth-order valence-corrected chi connectivity index (χ4v) is 14.2. The molecule has 1 unspecified atom stereocenters. The number of fused-ring (bicyclic) bond motifs is 1. The van der Waals surface area contributed by atoms with E-state index in [-0.39, 0.29) is 6.10 Å². The average molecular weight is 729 g/mol. The topological polar surface area (TPSA) is 43.0 Å². The summed E-state index contributed by atoms with van der Waals surface area (Å²) in [5.74, 6) is 0.862. The first-order valence-electron chi connectivity index (χ1n) is 19.1. The second kappa shape index (κ2) is 17.5. The average Bonchev–Trinajstić information content (AvgIpc) is 3.83. The van der Waals surface area contributed by atoms with Gasteiger partial charge in [0.2, 0.25) is 0 Å². The predicted octanol–water partition coefficient (Wildman–Crippen LogP) is 9.14. The fraction of sp³-hybridized carbons (Fsp3) is 0.333. The first-order chi connectivity index (χ1) is 25.6. The van der Waals surface area contributed by atoms with Crippen LogP contribution >= 0.6 is 8.53 Å². The van der Waals surface area contributed by atoms with E-state index in [2.05, 4.69) is 162 Å². The third-order valence-electron chi connectivity index (χ3n) is 11.2. The molecule has 7 heteroatoms. The maximum absolute atomic E-state index is 6.88. The van der Waals surface area contributed by atoms with Gasteiger partial charge in [0.15, 0.2) is 0 Å². The van der Waals surface area contributed by atoms with Crippen LogP contribution in [0.25, 0.3) is 0 Å². The standard InChI is InChI=1S/C45H53N2O3PSi/c1-48-40-31-29-39(30-32-40)45(37-20-9-5-10-21-37,38-22-11-6-12-23-38)46-33-17-3-4-18-35-49-51-47-34-19-28-43(47)44(50-51)36-52(2,41-24-13-7-14-25-41)42-26-15-8-16-27-42/h5-16,20-27,29-32,43-44,46H,3-4,17-19,28,33-36H2,1-2H3/t43-,44+,51?/m0/s1. The second-order valence-electron chi connectivity index (χ2n) is 14.4. The van der Waals surface area contributed by atoms with E-state index in [1.54, 1.807) is 7.11 Å². The number of nitrogens with one attached hydrogen (secondary N) is 1. The molecule has 0 spiro atoms. The summed E-state index contributed by atoms with van der Waals surface area (Å²) >= 11 is 0. The Hall–Kier alpha value is -3.61. The smallest absolute Gasteiger partial charge is 0.259 e. The Morgan fingerprint density at radius 2 is 1.25 bits per heavy atom. The summed E-state index contributed by atoms with van der Waals surface area (Å²) in [6, 6.07) is 54.0. The Labute approximate surface area is 313 Å². The molecule has 2 heterocycles. The van der Waals surface area contributed by atoms with Gasteiger partial charge < -0.3 is 13.8 Å². The molecule has 3 atom stereocenters. The van der Waals surface area contributed by atoms with Crippen LogP contribution in [0.3, 0.4) is 0 Å². The molecule has 7 rings (SSSR count). The highest BCUT2D eigenvalue weighted by molar-refractivity contribution is 7.45. The number of hydrogen-bond acceptors (Lipinski definition) is 5. The molecule has 0 aliphatic carbocycles. The summed E-state index contributed by atoms with van der Waals surface area (Å²) in [5.41, 5.74) is 3.19. The summed E-state index contributed by atoms with van der Waals surface area (Å²) < 4.78 is 21.5. The van der Waals surface area contributed by atoms with E-state index >= 15 is 0 Å². The van der Waals surface area contributed by atoms with Gasteiger partial charge in [0.05, 0.1) is 25.4 Å². The van der Waals surface area contributed by atoms with Gasteiger partial charge in [-0.1, -0.05) is 163 Å². The van der Waals surface area contributed by atoms with Gasteiger partial charge >= 0.3 is 0 Å². The molecule has 0 bridgehead atoms. The lowest BCUT2D eigenvalue weighted by atomic mass is 9.77. The van der Waals surface area contributed by atoms with Crippen molar-refractivity contribution in [2.45, 2.75) is 68.8 Å². The number of unbranched alkanes of at least 4 members (excludes halogenated alkanes) is 3. The number of ether oxygens (including phenoxy) is 1. The monoisotopic (exact) mass is 728 g/mol. The molecule has 1 N–H and O–H groups in total. The Morgan fingerprint density at radius 1 is 0.712 bits per heavy atom. The summed E-state index contributed by atoms with van der Waals surface area (Å²) in [6.45, 7) is 5.27. The largest absolute Gasteiger partial charge is 0.497 e. The zero-order valence-electron chi connectivity index (χ0n) is 30.7. The minimum Gasteiger partial charge on any atom is -0.497 e. The van der Waals surface area contributed by atoms with Crippen molar-refractivity contribution in [3.63, 3.8) is 0 Å². The van der Waals surface area contributed by atoms with E-state index < -0.39 is 22.1 Å². The van der Waals surface area contributed by atoms with E-state index in [0.717, 1.165) is 57.2 Å². The fourth-order valence-electron chi connectivity index (χ4n) is 8.32. The normalized spacial score (nSPS) is 19.1. The lowest BCUT2D eigenvalue weighted by Crippen LogP contribution is -2.58. The van der Waals surface area contributed by atoms with Gasteiger partial charge in [0.25, 0.3) is 8.53 Å². The molecular weight excluding hydrogens is 676 g/mol. The van der Waals surface area contributed by atoms with Crippen molar-refractivity contribution in [2.24, 2.45) is 0 Å². The zero-order valence-corrected chi connectivity index (χ0v) is 32.6. The molecule has 2 aliphatic heterocycles. The summed E-state index contributed by atoms with van der Waals surface area (Å²) in [6.07, 6.45) is 7.07. The highest BCUT2D eigenvalue weighted by Gasteiger charge is 2.49. The molecule has 5 nitrogen and oxygen atoms in total. The van der Waals surface area contributed by atoms with E-state index in [1.165, 1.54) is 39.9 Å². The Balaban J connectivity index is 0.944. The highest BCUT2D eigenvalue weighted by Crippen LogP contribution is 2.57. The number of rotatable bonds is 17. The van der Waals surface area contributed by atoms with Crippen LogP contribution < -0.4 is 20.4 Å². The summed E-state index contributed by atoms with van der Waals surface area (Å²) in [5, 5.41) is 7.00. The molecule has 0 aromatic heterocycles. The van der Waals surface area contributed by atoms with E-state index in [1.807, 2.05) is 0 Å². The van der Waals surface area contributed by atoms with Crippen molar-refractivity contribution in [2.75, 3.05) is 26.8 Å². The number of hydrogen-bond donors (Lipinski definition) is 1. The molecule has 2 saturated heterocycles. The minimum atomic E-state index is -2.00. The van der Waals surface area contributed by atoms with Gasteiger partial charge in [0.1, 0.15) is 13.8 Å². The highest BCUT2D eigenvalue weighted by atomic mass is 31.2. The van der Waals surface area contributed by atoms with Crippen molar-refractivity contribution in [1.29, 1.82) is 0 Å². The lowest BCUT2D eigenvalue weighted by molar-refractivity contribution is 0.203. The van der Waals surface area contributed by atoms with E-state index in [0.29, 0.717) is 6.04 Å². The molecule has 0 amide bonds. The Kier molecular flexibility index (Phi) is 12.3. The van der Waals surface area contributed by atoms with Crippen LogP contribution in [0.4, 0.5) is 0 Å². The van der Waals surface area contributed by atoms with Crippen molar-refractivity contribution >= 4 is 27.0 Å². The summed E-state index contributed by atoms with van der Waals surface area (Å²) in [7, 11) is -1.29. The SMILES string of the molecule is COc1ccc(C(NCCCCCCOP2O[C@H](C[Si](C)(c3ccccc3)c3ccccc3)[C@@H]3CCCN32)(c2ccccc2)c2ccccc2)cc1.